The third kappa shape index (κ3) is 11.0. The molecule has 38 valence electrons. The Labute approximate surface area is 67.2 Å². The third-order valence-electron chi connectivity index (χ3n) is 0.702. The maximum absolute atomic E-state index is 4.92. The van der Waals surface area contributed by atoms with E-state index in [1.807, 2.05) is 0 Å². The van der Waals surface area contributed by atoms with Gasteiger partial charge in [0, 0.05) is 6.61 Å². The molecule has 0 bridgehead atoms. The maximum atomic E-state index is 4.92. The molecular weight excluding hydrogens is 98.0 g/mol. The smallest absolute Gasteiger partial charge is 1.00 e. The van der Waals surface area contributed by atoms with Crippen LogP contribution in [-0.2, 0) is 3.79 Å². The molecule has 0 aromatic heterocycles. The molecule has 3 heteroatoms. The summed E-state index contributed by atoms with van der Waals surface area (Å²) in [5.74, 6) is 0. The van der Waals surface area contributed by atoms with Crippen molar-refractivity contribution in [2.45, 2.75) is 19.8 Å². The van der Waals surface area contributed by atoms with Gasteiger partial charge in [-0.1, -0.05) is 13.3 Å². The first-order valence-electron chi connectivity index (χ1n) is 2.40. The Morgan fingerprint density at radius 1 is 1.71 bits per heavy atom. The second-order valence-corrected chi connectivity index (χ2v) is 1.92. The zero-order valence-electron chi connectivity index (χ0n) is 6.53. The molecule has 0 unspecified atom stereocenters. The van der Waals surface area contributed by atoms with Crippen molar-refractivity contribution in [3.05, 3.63) is 0 Å². The minimum atomic E-state index is 0. The van der Waals surface area contributed by atoms with Crippen molar-refractivity contribution in [3.8, 4) is 0 Å². The van der Waals surface area contributed by atoms with E-state index in [9.17, 15) is 0 Å². The molecule has 0 saturated carbocycles. The first kappa shape index (κ1) is 11.0. The summed E-state index contributed by atoms with van der Waals surface area (Å²) >= 11 is 0.903. The Hall–Kier alpha value is 1.09. The van der Waals surface area contributed by atoms with Crippen molar-refractivity contribution in [2.75, 3.05) is 6.61 Å². The van der Waals surface area contributed by atoms with E-state index in [2.05, 4.69) is 6.92 Å². The maximum Gasteiger partial charge on any atom is 1.00 e. The molecule has 0 aromatic rings. The number of hydrogen-bond donors (Lipinski definition) is 0. The van der Waals surface area contributed by atoms with Gasteiger partial charge < -0.3 is 5.22 Å². The van der Waals surface area contributed by atoms with Crippen LogP contribution < -0.4 is 18.9 Å². The molecule has 0 amide bonds. The van der Waals surface area contributed by atoms with Crippen molar-refractivity contribution in [3.63, 3.8) is 0 Å². The van der Waals surface area contributed by atoms with Gasteiger partial charge >= 0.3 is 35.5 Å². The average Bonchev–Trinajstić information content (AvgIpc) is 1.61. The van der Waals surface area contributed by atoms with Crippen molar-refractivity contribution in [1.82, 2.24) is 0 Å². The van der Waals surface area contributed by atoms with Crippen molar-refractivity contribution < 1.29 is 24.1 Å². The molecule has 1 nitrogen and oxygen atoms in total. The van der Waals surface area contributed by atoms with Crippen LogP contribution in [0.1, 0.15) is 21.2 Å². The first-order valence-corrected chi connectivity index (χ1v) is 3.22. The standard InChI is InChI=1S/C4H9O.Al.Li.3H/c1-2-3-4-5;;;;;/h2-4H2,1H3;;;;;/q-1;2*+1;;;-1. The van der Waals surface area contributed by atoms with Crippen LogP contribution in [0.5, 0.6) is 0 Å². The molecule has 0 saturated heterocycles. The summed E-state index contributed by atoms with van der Waals surface area (Å²) in [6.07, 6.45) is 2.48. The number of hydrogen-bond acceptors (Lipinski definition) is 1. The van der Waals surface area contributed by atoms with E-state index in [1.54, 1.807) is 0 Å². The Balaban J connectivity index is -0.000000125. The van der Waals surface area contributed by atoms with Gasteiger partial charge in [-0.25, -0.2) is 0 Å². The van der Waals surface area contributed by atoms with Crippen molar-refractivity contribution in [2.24, 2.45) is 0 Å². The van der Waals surface area contributed by atoms with E-state index in [-0.39, 0.29) is 20.3 Å². The second kappa shape index (κ2) is 10.1. The zero-order valence-corrected chi connectivity index (χ0v) is 7.53. The quantitative estimate of drug-likeness (QED) is 0.287. The Kier molecular flexibility index (Phi) is 15.9. The van der Waals surface area contributed by atoms with Gasteiger partial charge in [-0.15, -0.1) is 0 Å². The molecule has 7 heavy (non-hydrogen) atoms. The molecule has 0 heterocycles. The van der Waals surface area contributed by atoms with Crippen LogP contribution in [0.15, 0.2) is 0 Å². The fourth-order valence-corrected chi connectivity index (χ4v) is 0.577. The minimum Gasteiger partial charge on any atom is -1.00 e. The van der Waals surface area contributed by atoms with E-state index < -0.39 is 0 Å². The summed E-state index contributed by atoms with van der Waals surface area (Å²) in [5, 5.41) is 0. The summed E-state index contributed by atoms with van der Waals surface area (Å²) in [5.41, 5.74) is 0. The Morgan fingerprint density at radius 3 is 2.43 bits per heavy atom. The molecule has 0 radical (unpaired) electrons. The normalized spacial score (nSPS) is 7.57. The molecule has 0 fully saturated rings. The van der Waals surface area contributed by atoms with Crippen molar-refractivity contribution >= 4 is 16.6 Å². The second-order valence-electron chi connectivity index (χ2n) is 1.35. The fraction of sp³-hybridized carbons (Fsp3) is 1.00. The summed E-state index contributed by atoms with van der Waals surface area (Å²) in [7, 11) is 0. The van der Waals surface area contributed by atoms with Crippen LogP contribution in [0, 0.1) is 0 Å². The molecule has 0 aliphatic rings. The van der Waals surface area contributed by atoms with E-state index >= 15 is 0 Å². The molecule has 0 N–H and O–H groups in total. The van der Waals surface area contributed by atoms with E-state index in [1.165, 1.54) is 12.8 Å². The topological polar surface area (TPSA) is 9.23 Å². The van der Waals surface area contributed by atoms with Gasteiger partial charge in [-0.2, -0.15) is 0 Å². The predicted molar refractivity (Wildman–Crippen MR) is 30.5 cm³/mol. The molecule has 0 atom stereocenters. The van der Waals surface area contributed by atoms with Gasteiger partial charge in [-0.05, 0) is 6.42 Å². The molecule has 0 rings (SSSR count). The first-order chi connectivity index (χ1) is 2.91. The van der Waals surface area contributed by atoms with Gasteiger partial charge in [-0.3, -0.25) is 0 Å². The molecule has 0 aliphatic carbocycles. The van der Waals surface area contributed by atoms with E-state index in [0.717, 1.165) is 23.2 Å². The average molecular weight is 110 g/mol. The predicted octanol–water partition coefficient (Wildman–Crippen LogP) is -2.53. The van der Waals surface area contributed by atoms with Gasteiger partial charge in [0.2, 0.25) is 0 Å². The number of unbranched alkanes of at least 4 members (excludes halogenated alkanes) is 1. The van der Waals surface area contributed by atoms with Crippen LogP contribution in [-0.4, -0.2) is 23.2 Å². The summed E-state index contributed by atoms with van der Waals surface area (Å²) in [6, 6.07) is 0. The van der Waals surface area contributed by atoms with E-state index in [4.69, 9.17) is 3.79 Å². The van der Waals surface area contributed by atoms with Crippen LogP contribution in [0.25, 0.3) is 0 Å². The van der Waals surface area contributed by atoms with Crippen LogP contribution in [0.3, 0.4) is 0 Å². The van der Waals surface area contributed by atoms with Crippen molar-refractivity contribution in [1.29, 1.82) is 0 Å². The van der Waals surface area contributed by atoms with Crippen LogP contribution in [0.4, 0.5) is 0 Å². The zero-order chi connectivity index (χ0) is 4.83. The minimum absolute atomic E-state index is 0. The summed E-state index contributed by atoms with van der Waals surface area (Å²) < 4.78 is 4.92. The summed E-state index contributed by atoms with van der Waals surface area (Å²) in [6.45, 7) is 3.14. The van der Waals surface area contributed by atoms with Gasteiger partial charge in [0.15, 0.2) is 0 Å². The van der Waals surface area contributed by atoms with Crippen LogP contribution >= 0.6 is 0 Å². The van der Waals surface area contributed by atoms with Crippen LogP contribution in [0.2, 0.25) is 0 Å². The third-order valence-corrected chi connectivity index (χ3v) is 1.11. The Morgan fingerprint density at radius 2 is 2.29 bits per heavy atom. The fourth-order valence-electron chi connectivity index (χ4n) is 0.289. The van der Waals surface area contributed by atoms with Gasteiger partial charge in [0.25, 0.3) is 0 Å². The molecule has 0 spiro atoms. The van der Waals surface area contributed by atoms with Gasteiger partial charge in [0.05, 0.1) is 0 Å². The largest absolute Gasteiger partial charge is 1.00 e. The molecule has 0 aliphatic heterocycles. The molecule has 0 aromatic carbocycles. The monoisotopic (exact) mass is 110 g/mol. The Bertz CT molecular complexity index is 28.0. The molecular formula is C4H12AlLiO. The number of rotatable bonds is 3. The van der Waals surface area contributed by atoms with E-state index in [0.29, 0.717) is 0 Å². The van der Waals surface area contributed by atoms with Gasteiger partial charge in [0.1, 0.15) is 0 Å². The summed E-state index contributed by atoms with van der Waals surface area (Å²) in [4.78, 5) is 0. The SMILES string of the molecule is CCCC[O][AlH2].[H-].[Li+].